The molecule has 1 aromatic carbocycles. The average Bonchev–Trinajstić information content (AvgIpc) is 2.42. The number of benzene rings is 1. The molecule has 0 fully saturated rings. The Morgan fingerprint density at radius 1 is 1.42 bits per heavy atom. The number of rotatable bonds is 7. The summed E-state index contributed by atoms with van der Waals surface area (Å²) in [6.07, 6.45) is 1.73. The van der Waals surface area contributed by atoms with Crippen LogP contribution in [-0.2, 0) is 9.59 Å². The molecule has 19 heavy (non-hydrogen) atoms. The number of nitrogens with zero attached hydrogens (tertiary/aromatic N) is 1. The van der Waals surface area contributed by atoms with Crippen molar-refractivity contribution in [2.24, 2.45) is 5.92 Å². The third-order valence-corrected chi connectivity index (χ3v) is 2.64. The molecule has 0 heterocycles. The van der Waals surface area contributed by atoms with Crippen molar-refractivity contribution in [1.82, 2.24) is 5.43 Å². The molecule has 0 atom stereocenters. The molecule has 5 nitrogen and oxygen atoms in total. The molecule has 1 aromatic rings. The van der Waals surface area contributed by atoms with Crippen LogP contribution in [0, 0.1) is 5.92 Å². The Morgan fingerprint density at radius 2 is 2.11 bits per heavy atom. The van der Waals surface area contributed by atoms with Gasteiger partial charge in [0.15, 0.2) is 0 Å². The van der Waals surface area contributed by atoms with Crippen LogP contribution < -0.4 is 15.2 Å². The number of para-hydroxylation sites is 2. The summed E-state index contributed by atoms with van der Waals surface area (Å²) in [6, 6.07) is 7.00. The lowest BCUT2D eigenvalue weighted by molar-refractivity contribution is -0.123. The van der Waals surface area contributed by atoms with Crippen LogP contribution in [0.4, 0.5) is 5.69 Å². The molecule has 0 aliphatic heterocycles. The summed E-state index contributed by atoms with van der Waals surface area (Å²) in [6.45, 7) is 4.09. The molecule has 2 amide bonds. The SMILES string of the molecule is COc1ccccc1N(C=O)NC(=O)CCC(C)C. The van der Waals surface area contributed by atoms with E-state index in [1.54, 1.807) is 24.3 Å². The minimum absolute atomic E-state index is 0.188. The quantitative estimate of drug-likeness (QED) is 0.606. The standard InChI is InChI=1S/C14H20N2O3/c1-11(2)8-9-14(18)15-16(10-17)12-6-4-5-7-13(12)19-3/h4-7,10-11H,8-9H2,1-3H3,(H,15,18). The van der Waals surface area contributed by atoms with Gasteiger partial charge in [0, 0.05) is 6.42 Å². The van der Waals surface area contributed by atoms with Crippen LogP contribution in [0.3, 0.4) is 0 Å². The normalized spacial score (nSPS) is 10.1. The molecule has 0 aliphatic rings. The van der Waals surface area contributed by atoms with E-state index in [4.69, 9.17) is 4.74 Å². The summed E-state index contributed by atoms with van der Waals surface area (Å²) in [4.78, 5) is 22.8. The molecular formula is C14H20N2O3. The minimum Gasteiger partial charge on any atom is -0.494 e. The fraction of sp³-hybridized carbons (Fsp3) is 0.429. The molecule has 0 radical (unpaired) electrons. The van der Waals surface area contributed by atoms with Crippen LogP contribution in [0.2, 0.25) is 0 Å². The molecule has 0 aromatic heterocycles. The fourth-order valence-electron chi connectivity index (χ4n) is 1.58. The fourth-order valence-corrected chi connectivity index (χ4v) is 1.58. The predicted molar refractivity (Wildman–Crippen MR) is 73.8 cm³/mol. The number of hydrogen-bond acceptors (Lipinski definition) is 3. The van der Waals surface area contributed by atoms with E-state index in [0.717, 1.165) is 11.4 Å². The van der Waals surface area contributed by atoms with Crippen molar-refractivity contribution < 1.29 is 14.3 Å². The second-order valence-electron chi connectivity index (χ2n) is 4.61. The molecule has 1 rings (SSSR count). The first-order valence-electron chi connectivity index (χ1n) is 6.25. The summed E-state index contributed by atoms with van der Waals surface area (Å²) in [5.41, 5.74) is 3.07. The van der Waals surface area contributed by atoms with E-state index < -0.39 is 0 Å². The van der Waals surface area contributed by atoms with Crippen LogP contribution >= 0.6 is 0 Å². The van der Waals surface area contributed by atoms with E-state index in [0.29, 0.717) is 30.2 Å². The Morgan fingerprint density at radius 3 is 2.68 bits per heavy atom. The van der Waals surface area contributed by atoms with E-state index in [2.05, 4.69) is 5.43 Å². The van der Waals surface area contributed by atoms with Crippen LogP contribution in [-0.4, -0.2) is 19.4 Å². The third kappa shape index (κ3) is 4.62. The zero-order valence-electron chi connectivity index (χ0n) is 11.6. The van der Waals surface area contributed by atoms with Gasteiger partial charge in [-0.25, -0.2) is 5.01 Å². The maximum atomic E-state index is 11.7. The molecule has 0 unspecified atom stereocenters. The molecule has 104 valence electrons. The topological polar surface area (TPSA) is 58.6 Å². The van der Waals surface area contributed by atoms with Crippen molar-refractivity contribution >= 4 is 18.0 Å². The van der Waals surface area contributed by atoms with Gasteiger partial charge in [-0.05, 0) is 24.5 Å². The van der Waals surface area contributed by atoms with Crippen LogP contribution in [0.15, 0.2) is 24.3 Å². The lowest BCUT2D eigenvalue weighted by Gasteiger charge is -2.20. The molecule has 0 spiro atoms. The summed E-state index contributed by atoms with van der Waals surface area (Å²) < 4.78 is 5.16. The first-order valence-corrected chi connectivity index (χ1v) is 6.25. The summed E-state index contributed by atoms with van der Waals surface area (Å²) in [5, 5.41) is 1.14. The number of carbonyl (C=O) groups is 2. The number of carbonyl (C=O) groups excluding carboxylic acids is 2. The third-order valence-electron chi connectivity index (χ3n) is 2.64. The number of methoxy groups -OCH3 is 1. The zero-order valence-corrected chi connectivity index (χ0v) is 11.6. The van der Waals surface area contributed by atoms with Gasteiger partial charge in [0.1, 0.15) is 11.4 Å². The Hall–Kier alpha value is -2.04. The monoisotopic (exact) mass is 264 g/mol. The van der Waals surface area contributed by atoms with Gasteiger partial charge in [-0.3, -0.25) is 15.0 Å². The van der Waals surface area contributed by atoms with Crippen LogP contribution in [0.5, 0.6) is 5.75 Å². The molecule has 5 heteroatoms. The number of hydrazine groups is 1. The highest BCUT2D eigenvalue weighted by molar-refractivity contribution is 5.86. The molecule has 0 aliphatic carbocycles. The van der Waals surface area contributed by atoms with Gasteiger partial charge in [-0.1, -0.05) is 26.0 Å². The molecule has 0 saturated carbocycles. The number of amides is 2. The highest BCUT2D eigenvalue weighted by Gasteiger charge is 2.13. The minimum atomic E-state index is -0.188. The summed E-state index contributed by atoms with van der Waals surface area (Å²) >= 11 is 0. The van der Waals surface area contributed by atoms with Gasteiger partial charge in [0.2, 0.25) is 12.3 Å². The second kappa shape index (κ2) is 7.41. The maximum absolute atomic E-state index is 11.7. The smallest absolute Gasteiger partial charge is 0.238 e. The number of ether oxygens (including phenoxy) is 1. The first-order chi connectivity index (χ1) is 9.08. The van der Waals surface area contributed by atoms with Crippen molar-refractivity contribution in [1.29, 1.82) is 0 Å². The van der Waals surface area contributed by atoms with E-state index in [1.165, 1.54) is 7.11 Å². The van der Waals surface area contributed by atoms with Gasteiger partial charge >= 0.3 is 0 Å². The Bertz CT molecular complexity index is 432. The van der Waals surface area contributed by atoms with Crippen molar-refractivity contribution in [3.63, 3.8) is 0 Å². The van der Waals surface area contributed by atoms with Crippen molar-refractivity contribution in [2.45, 2.75) is 26.7 Å². The van der Waals surface area contributed by atoms with Gasteiger partial charge in [0.05, 0.1) is 7.11 Å². The Kier molecular flexibility index (Phi) is 5.85. The molecule has 1 N–H and O–H groups in total. The summed E-state index contributed by atoms with van der Waals surface area (Å²) in [5.74, 6) is 0.784. The van der Waals surface area contributed by atoms with Crippen LogP contribution in [0.1, 0.15) is 26.7 Å². The first kappa shape index (κ1) is 15.0. The molecular weight excluding hydrogens is 244 g/mol. The largest absolute Gasteiger partial charge is 0.494 e. The van der Waals surface area contributed by atoms with Crippen molar-refractivity contribution in [2.75, 3.05) is 12.1 Å². The van der Waals surface area contributed by atoms with E-state index in [-0.39, 0.29) is 5.91 Å². The van der Waals surface area contributed by atoms with Gasteiger partial charge in [-0.2, -0.15) is 0 Å². The Balaban J connectivity index is 2.72. The molecule has 0 bridgehead atoms. The highest BCUT2D eigenvalue weighted by Crippen LogP contribution is 2.25. The number of anilines is 1. The van der Waals surface area contributed by atoms with Crippen LogP contribution in [0.25, 0.3) is 0 Å². The van der Waals surface area contributed by atoms with E-state index >= 15 is 0 Å². The van der Waals surface area contributed by atoms with Gasteiger partial charge < -0.3 is 4.74 Å². The lowest BCUT2D eigenvalue weighted by Crippen LogP contribution is -2.41. The lowest BCUT2D eigenvalue weighted by atomic mass is 10.1. The zero-order chi connectivity index (χ0) is 14.3. The Labute approximate surface area is 113 Å². The maximum Gasteiger partial charge on any atom is 0.238 e. The second-order valence-corrected chi connectivity index (χ2v) is 4.61. The van der Waals surface area contributed by atoms with Crippen molar-refractivity contribution in [3.8, 4) is 5.75 Å². The number of hydrogen-bond donors (Lipinski definition) is 1. The van der Waals surface area contributed by atoms with Gasteiger partial charge in [0.25, 0.3) is 0 Å². The van der Waals surface area contributed by atoms with E-state index in [1.807, 2.05) is 13.8 Å². The average molecular weight is 264 g/mol. The van der Waals surface area contributed by atoms with Crippen molar-refractivity contribution in [3.05, 3.63) is 24.3 Å². The molecule has 0 saturated heterocycles. The predicted octanol–water partition coefficient (Wildman–Crippen LogP) is 2.13. The van der Waals surface area contributed by atoms with E-state index in [9.17, 15) is 9.59 Å². The summed E-state index contributed by atoms with van der Waals surface area (Å²) in [7, 11) is 1.52. The number of nitrogens with one attached hydrogen (secondary N) is 1. The highest BCUT2D eigenvalue weighted by atomic mass is 16.5. The van der Waals surface area contributed by atoms with Gasteiger partial charge in [-0.15, -0.1) is 0 Å².